The smallest absolute Gasteiger partial charge is 0.262 e. The van der Waals surface area contributed by atoms with Crippen LogP contribution >= 0.6 is 0 Å². The fraction of sp³-hybridized carbons (Fsp3) is 0.273. The van der Waals surface area contributed by atoms with Crippen LogP contribution in [0, 0.1) is 17.0 Å². The zero-order valence-corrected chi connectivity index (χ0v) is 12.1. The van der Waals surface area contributed by atoms with Crippen molar-refractivity contribution in [1.82, 2.24) is 19.9 Å². The number of aromatic amines is 1. The van der Waals surface area contributed by atoms with Gasteiger partial charge in [0.1, 0.15) is 12.2 Å². The quantitative estimate of drug-likeness (QED) is 0.627. The van der Waals surface area contributed by atoms with Gasteiger partial charge in [0.2, 0.25) is 10.0 Å². The molecule has 0 aliphatic carbocycles. The van der Waals surface area contributed by atoms with Crippen molar-refractivity contribution in [2.45, 2.75) is 24.8 Å². The van der Waals surface area contributed by atoms with Gasteiger partial charge >= 0.3 is 0 Å². The summed E-state index contributed by atoms with van der Waals surface area (Å²) < 4.78 is 27.2. The van der Waals surface area contributed by atoms with E-state index in [1.807, 2.05) is 0 Å². The molecule has 1 atom stereocenters. The van der Waals surface area contributed by atoms with Gasteiger partial charge < -0.3 is 0 Å². The van der Waals surface area contributed by atoms with Crippen molar-refractivity contribution in [2.75, 3.05) is 0 Å². The van der Waals surface area contributed by atoms with Gasteiger partial charge in [0.25, 0.3) is 5.69 Å². The largest absolute Gasteiger partial charge is 0.289 e. The summed E-state index contributed by atoms with van der Waals surface area (Å²) in [6.07, 6.45) is 1.25. The fourth-order valence-electron chi connectivity index (χ4n) is 1.90. The number of benzene rings is 1. The number of hydrogen-bond donors (Lipinski definition) is 2. The molecule has 0 spiro atoms. The predicted molar refractivity (Wildman–Crippen MR) is 73.0 cm³/mol. The van der Waals surface area contributed by atoms with Gasteiger partial charge in [0.05, 0.1) is 11.0 Å². The highest BCUT2D eigenvalue weighted by molar-refractivity contribution is 7.89. The molecular formula is C11H13N5O4S. The molecule has 112 valence electrons. The highest BCUT2D eigenvalue weighted by Gasteiger charge is 2.29. The maximum Gasteiger partial charge on any atom is 0.289 e. The Morgan fingerprint density at radius 1 is 1.43 bits per heavy atom. The number of aromatic nitrogens is 3. The molecular weight excluding hydrogens is 298 g/mol. The second kappa shape index (κ2) is 5.58. The summed E-state index contributed by atoms with van der Waals surface area (Å²) in [5.41, 5.74) is -0.172. The summed E-state index contributed by atoms with van der Waals surface area (Å²) >= 11 is 0. The van der Waals surface area contributed by atoms with Crippen LogP contribution in [0.4, 0.5) is 5.69 Å². The van der Waals surface area contributed by atoms with E-state index in [0.29, 0.717) is 11.4 Å². The Hall–Kier alpha value is -2.33. The third-order valence-electron chi connectivity index (χ3n) is 2.83. The van der Waals surface area contributed by atoms with Gasteiger partial charge in [-0.15, -0.1) is 0 Å². The minimum absolute atomic E-state index is 0.293. The molecule has 21 heavy (non-hydrogen) atoms. The Bertz CT molecular complexity index is 757. The van der Waals surface area contributed by atoms with Crippen LogP contribution in [-0.4, -0.2) is 28.5 Å². The van der Waals surface area contributed by atoms with Gasteiger partial charge in [-0.3, -0.25) is 15.2 Å². The lowest BCUT2D eigenvalue weighted by atomic mass is 10.2. The average molecular weight is 311 g/mol. The molecule has 2 rings (SSSR count). The maximum atomic E-state index is 12.4. The first-order valence-electron chi connectivity index (χ1n) is 5.94. The predicted octanol–water partition coefficient (Wildman–Crippen LogP) is 1.06. The van der Waals surface area contributed by atoms with E-state index in [0.717, 1.165) is 6.07 Å². The van der Waals surface area contributed by atoms with Crippen molar-refractivity contribution in [2.24, 2.45) is 0 Å². The molecule has 2 N–H and O–H groups in total. The van der Waals surface area contributed by atoms with Crippen molar-refractivity contribution in [3.63, 3.8) is 0 Å². The second-order valence-electron chi connectivity index (χ2n) is 4.39. The first-order chi connectivity index (χ1) is 9.83. The molecule has 0 fully saturated rings. The van der Waals surface area contributed by atoms with Crippen LogP contribution in [0.15, 0.2) is 29.4 Å². The lowest BCUT2D eigenvalue weighted by Gasteiger charge is -2.13. The lowest BCUT2D eigenvalue weighted by Crippen LogP contribution is -2.28. The molecule has 0 radical (unpaired) electrons. The fourth-order valence-corrected chi connectivity index (χ4v) is 3.51. The van der Waals surface area contributed by atoms with Gasteiger partial charge in [0, 0.05) is 6.07 Å². The highest BCUT2D eigenvalue weighted by atomic mass is 32.2. The number of H-pyrrole nitrogens is 1. The average Bonchev–Trinajstić information content (AvgIpc) is 2.91. The number of nitro benzene ring substituents is 1. The molecule has 10 heteroatoms. The molecule has 1 aromatic heterocycles. The molecule has 1 heterocycles. The van der Waals surface area contributed by atoms with E-state index in [4.69, 9.17) is 0 Å². The normalized spacial score (nSPS) is 13.0. The van der Waals surface area contributed by atoms with Gasteiger partial charge in [-0.25, -0.2) is 18.1 Å². The molecule has 1 unspecified atom stereocenters. The molecule has 0 amide bonds. The molecule has 0 saturated carbocycles. The minimum atomic E-state index is -4.07. The summed E-state index contributed by atoms with van der Waals surface area (Å²) in [6.45, 7) is 3.06. The van der Waals surface area contributed by atoms with Gasteiger partial charge in [-0.1, -0.05) is 12.1 Å². The number of rotatable bonds is 5. The van der Waals surface area contributed by atoms with E-state index >= 15 is 0 Å². The van der Waals surface area contributed by atoms with Crippen molar-refractivity contribution in [1.29, 1.82) is 0 Å². The van der Waals surface area contributed by atoms with E-state index in [1.54, 1.807) is 6.92 Å². The molecule has 1 aromatic carbocycles. The van der Waals surface area contributed by atoms with E-state index in [-0.39, 0.29) is 4.90 Å². The van der Waals surface area contributed by atoms with E-state index in [9.17, 15) is 18.5 Å². The Labute approximate surface area is 120 Å². The molecule has 2 aromatic rings. The number of aryl methyl sites for hydroxylation is 1. The summed E-state index contributed by atoms with van der Waals surface area (Å²) in [4.78, 5) is 13.8. The van der Waals surface area contributed by atoms with Crippen molar-refractivity contribution in [3.05, 3.63) is 46.0 Å². The summed E-state index contributed by atoms with van der Waals surface area (Å²) in [5, 5.41) is 17.2. The van der Waals surface area contributed by atoms with Crippen LogP contribution in [0.25, 0.3) is 0 Å². The van der Waals surface area contributed by atoms with Crippen LogP contribution in [-0.2, 0) is 10.0 Å². The molecule has 0 saturated heterocycles. The Morgan fingerprint density at radius 3 is 2.71 bits per heavy atom. The molecule has 0 aliphatic rings. The van der Waals surface area contributed by atoms with E-state index in [2.05, 4.69) is 19.9 Å². The summed E-state index contributed by atoms with van der Waals surface area (Å²) in [7, 11) is -4.07. The first-order valence-corrected chi connectivity index (χ1v) is 7.43. The topological polar surface area (TPSA) is 131 Å². The SMILES string of the molecule is Cc1cccc([N+](=O)[O-])c1S(=O)(=O)NC(C)c1ncn[nH]1. The molecule has 0 bridgehead atoms. The van der Waals surface area contributed by atoms with Crippen LogP contribution in [0.1, 0.15) is 24.4 Å². The minimum Gasteiger partial charge on any atom is -0.262 e. The number of hydrogen-bond acceptors (Lipinski definition) is 6. The Morgan fingerprint density at radius 2 is 2.14 bits per heavy atom. The van der Waals surface area contributed by atoms with Crippen LogP contribution in [0.3, 0.4) is 0 Å². The third-order valence-corrected chi connectivity index (χ3v) is 4.56. The van der Waals surface area contributed by atoms with Crippen LogP contribution in [0.2, 0.25) is 0 Å². The van der Waals surface area contributed by atoms with E-state index < -0.39 is 26.7 Å². The maximum absolute atomic E-state index is 12.4. The first kappa shape index (κ1) is 15.1. The standard InChI is InChI=1S/C11H13N5O4S/c1-7-4-3-5-9(16(17)18)10(7)21(19,20)15-8(2)11-12-6-13-14-11/h3-6,8,15H,1-2H3,(H,12,13,14). The molecule has 0 aliphatic heterocycles. The van der Waals surface area contributed by atoms with Gasteiger partial charge in [-0.2, -0.15) is 5.10 Å². The highest BCUT2D eigenvalue weighted by Crippen LogP contribution is 2.27. The van der Waals surface area contributed by atoms with Crippen LogP contribution < -0.4 is 4.72 Å². The number of nitrogens with one attached hydrogen (secondary N) is 2. The zero-order valence-electron chi connectivity index (χ0n) is 11.3. The number of nitrogens with zero attached hydrogens (tertiary/aromatic N) is 3. The van der Waals surface area contributed by atoms with Crippen molar-refractivity contribution in [3.8, 4) is 0 Å². The number of sulfonamides is 1. The Kier molecular flexibility index (Phi) is 4.00. The van der Waals surface area contributed by atoms with Crippen molar-refractivity contribution < 1.29 is 13.3 Å². The summed E-state index contributed by atoms with van der Waals surface area (Å²) in [5.74, 6) is 0.315. The van der Waals surface area contributed by atoms with Crippen molar-refractivity contribution >= 4 is 15.7 Å². The Balaban J connectivity index is 2.43. The van der Waals surface area contributed by atoms with E-state index in [1.165, 1.54) is 25.4 Å². The lowest BCUT2D eigenvalue weighted by molar-refractivity contribution is -0.387. The van der Waals surface area contributed by atoms with Crippen LogP contribution in [0.5, 0.6) is 0 Å². The molecule has 9 nitrogen and oxygen atoms in total. The second-order valence-corrected chi connectivity index (χ2v) is 6.04. The van der Waals surface area contributed by atoms with Gasteiger partial charge in [0.15, 0.2) is 4.90 Å². The monoisotopic (exact) mass is 311 g/mol. The van der Waals surface area contributed by atoms with Gasteiger partial charge in [-0.05, 0) is 19.4 Å². The summed E-state index contributed by atoms with van der Waals surface area (Å²) in [6, 6.07) is 3.39. The number of nitro groups is 1. The third kappa shape index (κ3) is 3.06. The zero-order chi connectivity index (χ0) is 15.6.